The summed E-state index contributed by atoms with van der Waals surface area (Å²) >= 11 is 0. The van der Waals surface area contributed by atoms with E-state index in [0.717, 1.165) is 16.0 Å². The molecule has 1 aliphatic heterocycles. The molecule has 0 spiro atoms. The summed E-state index contributed by atoms with van der Waals surface area (Å²) in [5.41, 5.74) is 1.86. The number of carbonyl (C=O) groups excluding carboxylic acids is 1. The minimum atomic E-state index is -3.07. The Balaban J connectivity index is 1.65. The summed E-state index contributed by atoms with van der Waals surface area (Å²) in [5.74, 6) is -8.25. The summed E-state index contributed by atoms with van der Waals surface area (Å²) in [6.45, 7) is 2.37. The molecule has 0 bridgehead atoms. The number of hydrogen-bond donors (Lipinski definition) is 3. The maximum absolute atomic E-state index is 13.8. The second-order valence-corrected chi connectivity index (χ2v) is 10.3. The summed E-state index contributed by atoms with van der Waals surface area (Å²) in [4.78, 5) is 50.4. The summed E-state index contributed by atoms with van der Waals surface area (Å²) in [7, 11) is 0. The average Bonchev–Trinajstić information content (AvgIpc) is 3.47. The summed E-state index contributed by atoms with van der Waals surface area (Å²) in [6, 6.07) is 24.1. The van der Waals surface area contributed by atoms with E-state index in [0.29, 0.717) is 24.3 Å². The summed E-state index contributed by atoms with van der Waals surface area (Å²) < 4.78 is 16.0. The monoisotopic (exact) mass is 591 g/mol. The third kappa shape index (κ3) is 7.02. The molecule has 4 atom stereocenters. The van der Waals surface area contributed by atoms with E-state index in [2.05, 4.69) is 0 Å². The summed E-state index contributed by atoms with van der Waals surface area (Å²) in [5, 5.41) is 28.8. The zero-order valence-corrected chi connectivity index (χ0v) is 23.7. The van der Waals surface area contributed by atoms with Crippen molar-refractivity contribution in [2.45, 2.75) is 56.6 Å². The van der Waals surface area contributed by atoms with Gasteiger partial charge in [0.05, 0.1) is 6.61 Å². The Morgan fingerprint density at radius 1 is 0.860 bits per heavy atom. The van der Waals surface area contributed by atoms with Gasteiger partial charge in [-0.15, -0.1) is 0 Å². The molecule has 1 amide bonds. The highest BCUT2D eigenvalue weighted by molar-refractivity contribution is 6.01. The van der Waals surface area contributed by atoms with Gasteiger partial charge in [-0.05, 0) is 62.1 Å². The van der Waals surface area contributed by atoms with Crippen molar-refractivity contribution in [1.29, 1.82) is 0 Å². The zero-order chi connectivity index (χ0) is 31.1. The molecule has 0 aromatic heterocycles. The molecule has 1 fully saturated rings. The third-order valence-corrected chi connectivity index (χ3v) is 7.51. The van der Waals surface area contributed by atoms with Crippen LogP contribution in [0.5, 0.6) is 11.5 Å². The van der Waals surface area contributed by atoms with Crippen molar-refractivity contribution in [2.24, 2.45) is 0 Å². The molecule has 43 heavy (non-hydrogen) atoms. The van der Waals surface area contributed by atoms with E-state index in [1.165, 1.54) is 6.92 Å². The number of carboxylic acid groups (broad SMARTS) is 3. The fourth-order valence-electron chi connectivity index (χ4n) is 5.18. The molecule has 1 heterocycles. The number of aryl methyl sites for hydroxylation is 1. The molecular formula is C32H33NO10. The van der Waals surface area contributed by atoms with Crippen molar-refractivity contribution in [3.63, 3.8) is 0 Å². The first-order chi connectivity index (χ1) is 20.5. The van der Waals surface area contributed by atoms with Gasteiger partial charge in [0.15, 0.2) is 6.10 Å². The van der Waals surface area contributed by atoms with Crippen LogP contribution in [0, 0.1) is 0 Å². The smallest absolute Gasteiger partial charge is 0.377 e. The third-order valence-electron chi connectivity index (χ3n) is 7.51. The van der Waals surface area contributed by atoms with Crippen molar-refractivity contribution >= 4 is 23.8 Å². The van der Waals surface area contributed by atoms with Crippen LogP contribution in [0.25, 0.3) is 0 Å². The molecule has 4 unspecified atom stereocenters. The van der Waals surface area contributed by atoms with Gasteiger partial charge in [0.25, 0.3) is 5.91 Å². The predicted molar refractivity (Wildman–Crippen MR) is 153 cm³/mol. The molecule has 4 rings (SSSR count). The molecule has 1 saturated heterocycles. The number of ether oxygens (including phenoxy) is 3. The van der Waals surface area contributed by atoms with E-state index in [4.69, 9.17) is 14.2 Å². The minimum absolute atomic E-state index is 0.386. The molecule has 1 aliphatic rings. The molecule has 11 nitrogen and oxygen atoms in total. The highest BCUT2D eigenvalue weighted by atomic mass is 16.8. The van der Waals surface area contributed by atoms with E-state index >= 15 is 0 Å². The van der Waals surface area contributed by atoms with E-state index in [-0.39, 0.29) is 5.92 Å². The van der Waals surface area contributed by atoms with Crippen LogP contribution in [0.4, 0.5) is 0 Å². The Morgan fingerprint density at radius 2 is 1.42 bits per heavy atom. The molecule has 226 valence electrons. The number of amides is 1. The van der Waals surface area contributed by atoms with Crippen LogP contribution in [0.1, 0.15) is 37.3 Å². The SMILES string of the molecule is CC(C(=O)O)N(C(=O)C1COC(C(=O)O)(C(=O)O)O1)C(C)C(CCc1ccccc1)c1ccc(Oc2ccccc2)cc1. The lowest BCUT2D eigenvalue weighted by molar-refractivity contribution is -0.218. The number of benzene rings is 3. The highest BCUT2D eigenvalue weighted by Crippen LogP contribution is 2.34. The average molecular weight is 592 g/mol. The van der Waals surface area contributed by atoms with Gasteiger partial charge in [-0.3, -0.25) is 4.79 Å². The second kappa shape index (κ2) is 13.5. The molecule has 0 saturated carbocycles. The van der Waals surface area contributed by atoms with Gasteiger partial charge >= 0.3 is 23.7 Å². The van der Waals surface area contributed by atoms with Crippen LogP contribution in [-0.2, 0) is 35.1 Å². The molecule has 0 radical (unpaired) electrons. The first-order valence-electron chi connectivity index (χ1n) is 13.7. The van der Waals surface area contributed by atoms with Crippen molar-refractivity contribution < 1.29 is 48.7 Å². The lowest BCUT2D eigenvalue weighted by atomic mass is 9.85. The fraction of sp³-hybridized carbons (Fsp3) is 0.312. The van der Waals surface area contributed by atoms with Gasteiger partial charge in [0.2, 0.25) is 0 Å². The van der Waals surface area contributed by atoms with E-state index < -0.39 is 54.4 Å². The Labute approximate surface area is 248 Å². The largest absolute Gasteiger partial charge is 0.480 e. The van der Waals surface area contributed by atoms with Crippen LogP contribution < -0.4 is 4.74 Å². The second-order valence-electron chi connectivity index (χ2n) is 10.3. The molecular weight excluding hydrogens is 558 g/mol. The number of para-hydroxylation sites is 1. The normalized spacial score (nSPS) is 17.8. The van der Waals surface area contributed by atoms with Crippen LogP contribution in [0.15, 0.2) is 84.9 Å². The topological polar surface area (TPSA) is 160 Å². The fourth-order valence-corrected chi connectivity index (χ4v) is 5.18. The zero-order valence-electron chi connectivity index (χ0n) is 23.7. The van der Waals surface area contributed by atoms with Gasteiger partial charge in [-0.25, -0.2) is 14.4 Å². The van der Waals surface area contributed by atoms with E-state index in [1.807, 2.05) is 72.8 Å². The van der Waals surface area contributed by atoms with Crippen molar-refractivity contribution in [3.05, 3.63) is 96.1 Å². The number of carbonyl (C=O) groups is 4. The van der Waals surface area contributed by atoms with Gasteiger partial charge in [0.1, 0.15) is 17.5 Å². The van der Waals surface area contributed by atoms with Gasteiger partial charge in [0, 0.05) is 12.0 Å². The molecule has 3 N–H and O–H groups in total. The van der Waals surface area contributed by atoms with Crippen LogP contribution in [-0.4, -0.2) is 74.6 Å². The van der Waals surface area contributed by atoms with Crippen LogP contribution in [0.3, 0.4) is 0 Å². The van der Waals surface area contributed by atoms with Crippen molar-refractivity contribution in [3.8, 4) is 11.5 Å². The van der Waals surface area contributed by atoms with Crippen molar-refractivity contribution in [2.75, 3.05) is 6.61 Å². The van der Waals surface area contributed by atoms with Gasteiger partial charge in [-0.2, -0.15) is 0 Å². The number of rotatable bonds is 13. The number of carboxylic acids is 3. The van der Waals surface area contributed by atoms with Crippen LogP contribution >= 0.6 is 0 Å². The first kappa shape index (κ1) is 31.2. The maximum atomic E-state index is 13.8. The Morgan fingerprint density at radius 3 is 1.95 bits per heavy atom. The summed E-state index contributed by atoms with van der Waals surface area (Å²) in [6.07, 6.45) is -0.504. The Hall–Kier alpha value is -4.74. The first-order valence-corrected chi connectivity index (χ1v) is 13.7. The highest BCUT2D eigenvalue weighted by Gasteiger charge is 2.58. The molecule has 0 aliphatic carbocycles. The number of hydrogen-bond acceptors (Lipinski definition) is 7. The molecule has 3 aromatic rings. The van der Waals surface area contributed by atoms with Gasteiger partial charge in [-0.1, -0.05) is 60.7 Å². The Bertz CT molecular complexity index is 1410. The minimum Gasteiger partial charge on any atom is -0.480 e. The standard InChI is InChI=1S/C32H33NO10/c1-20(33(21(2)29(35)36)28(34)27-19-41-32(43-27,30(37)38)31(39)40)26(18-13-22-9-5-3-6-10-22)23-14-16-25(17-15-23)42-24-11-7-4-8-12-24/h3-12,14-17,20-21,26-27H,13,18-19H2,1-2H3,(H,35,36)(H,37,38)(H,39,40). The number of nitrogens with zero attached hydrogens (tertiary/aromatic N) is 1. The maximum Gasteiger partial charge on any atom is 0.377 e. The lowest BCUT2D eigenvalue weighted by Crippen LogP contribution is -2.55. The quantitative estimate of drug-likeness (QED) is 0.246. The Kier molecular flexibility index (Phi) is 9.79. The van der Waals surface area contributed by atoms with Crippen molar-refractivity contribution in [1.82, 2.24) is 4.90 Å². The van der Waals surface area contributed by atoms with Gasteiger partial charge < -0.3 is 34.4 Å². The van der Waals surface area contributed by atoms with Crippen LogP contribution in [0.2, 0.25) is 0 Å². The number of aliphatic carboxylic acids is 3. The molecule has 11 heteroatoms. The predicted octanol–water partition coefficient (Wildman–Crippen LogP) is 4.17. The van der Waals surface area contributed by atoms with E-state index in [9.17, 15) is 34.5 Å². The van der Waals surface area contributed by atoms with E-state index in [1.54, 1.807) is 19.1 Å². The molecule has 3 aromatic carbocycles. The lowest BCUT2D eigenvalue weighted by Gasteiger charge is -2.38.